The first-order valence-corrected chi connectivity index (χ1v) is 9.91. The maximum absolute atomic E-state index is 12.1. The van der Waals surface area contributed by atoms with Crippen molar-refractivity contribution in [1.29, 1.82) is 0 Å². The minimum atomic E-state index is 0.0109. The lowest BCUT2D eigenvalue weighted by Crippen LogP contribution is -2.41. The van der Waals surface area contributed by atoms with Crippen LogP contribution in [-0.2, 0) is 11.3 Å². The highest BCUT2D eigenvalue weighted by Gasteiger charge is 2.15. The molecule has 1 aromatic rings. The zero-order valence-corrected chi connectivity index (χ0v) is 16.5. The molecule has 0 aromatic carbocycles. The molecular formula is C19H34N6O. The van der Waals surface area contributed by atoms with Gasteiger partial charge in [-0.25, -0.2) is 4.99 Å². The summed E-state index contributed by atoms with van der Waals surface area (Å²) in [7, 11) is 0. The van der Waals surface area contributed by atoms with Crippen LogP contribution in [0.5, 0.6) is 0 Å². The second-order valence-corrected chi connectivity index (χ2v) is 7.03. The van der Waals surface area contributed by atoms with E-state index in [2.05, 4.69) is 39.0 Å². The van der Waals surface area contributed by atoms with Crippen LogP contribution in [0.2, 0.25) is 0 Å². The second kappa shape index (κ2) is 10.8. The summed E-state index contributed by atoms with van der Waals surface area (Å²) in [5.41, 5.74) is 2.23. The summed E-state index contributed by atoms with van der Waals surface area (Å²) < 4.78 is 2.03. The summed E-state index contributed by atoms with van der Waals surface area (Å²) in [6.07, 6.45) is 6.86. The molecule has 0 spiro atoms. The fraction of sp³-hybridized carbons (Fsp3) is 0.737. The van der Waals surface area contributed by atoms with E-state index >= 15 is 0 Å². The number of nitrogens with zero attached hydrogens (tertiary/aromatic N) is 3. The lowest BCUT2D eigenvalue weighted by atomic mass is 9.95. The first-order chi connectivity index (χ1) is 12.6. The standard InChI is InChI=1S/C19H34N6O/c1-4-20-19(21-11-8-12-25-16(3)13-15(2)24-25)22-14-18(26)23-17-9-6-5-7-10-17/h13,17H,4-12,14H2,1-3H3,(H,23,26)(H2,20,21,22). The van der Waals surface area contributed by atoms with Crippen molar-refractivity contribution in [1.82, 2.24) is 25.7 Å². The van der Waals surface area contributed by atoms with Crippen molar-refractivity contribution in [3.05, 3.63) is 17.5 Å². The summed E-state index contributed by atoms with van der Waals surface area (Å²) in [4.78, 5) is 16.5. The third kappa shape index (κ3) is 7.06. The minimum absolute atomic E-state index is 0.0109. The Morgan fingerprint density at radius 1 is 1.27 bits per heavy atom. The molecule has 7 heteroatoms. The van der Waals surface area contributed by atoms with E-state index in [4.69, 9.17) is 0 Å². The van der Waals surface area contributed by atoms with E-state index in [0.29, 0.717) is 12.0 Å². The van der Waals surface area contributed by atoms with E-state index < -0.39 is 0 Å². The fourth-order valence-electron chi connectivity index (χ4n) is 3.35. The van der Waals surface area contributed by atoms with E-state index in [-0.39, 0.29) is 12.5 Å². The molecule has 26 heavy (non-hydrogen) atoms. The Labute approximate surface area is 157 Å². The molecule has 1 aromatic heterocycles. The van der Waals surface area contributed by atoms with Gasteiger partial charge in [-0.3, -0.25) is 9.48 Å². The van der Waals surface area contributed by atoms with Gasteiger partial charge in [0, 0.05) is 31.4 Å². The SMILES string of the molecule is CCNC(=NCC(=O)NC1CCCCC1)NCCCn1nc(C)cc1C. The van der Waals surface area contributed by atoms with Crippen LogP contribution in [0, 0.1) is 13.8 Å². The molecule has 146 valence electrons. The van der Waals surface area contributed by atoms with Crippen LogP contribution >= 0.6 is 0 Å². The number of aryl methyl sites for hydroxylation is 3. The maximum atomic E-state index is 12.1. The largest absolute Gasteiger partial charge is 0.357 e. The van der Waals surface area contributed by atoms with Gasteiger partial charge in [0.1, 0.15) is 6.54 Å². The topological polar surface area (TPSA) is 83.3 Å². The van der Waals surface area contributed by atoms with Gasteiger partial charge in [0.25, 0.3) is 0 Å². The van der Waals surface area contributed by atoms with E-state index in [1.165, 1.54) is 25.0 Å². The molecule has 1 fully saturated rings. The highest BCUT2D eigenvalue weighted by molar-refractivity contribution is 5.85. The average Bonchev–Trinajstić information content (AvgIpc) is 2.94. The van der Waals surface area contributed by atoms with Crippen molar-refractivity contribution in [3.8, 4) is 0 Å². The van der Waals surface area contributed by atoms with E-state index in [1.54, 1.807) is 0 Å². The van der Waals surface area contributed by atoms with Gasteiger partial charge in [-0.05, 0) is 46.1 Å². The third-order valence-corrected chi connectivity index (χ3v) is 4.64. The monoisotopic (exact) mass is 362 g/mol. The Morgan fingerprint density at radius 3 is 2.69 bits per heavy atom. The number of hydrogen-bond acceptors (Lipinski definition) is 3. The highest BCUT2D eigenvalue weighted by Crippen LogP contribution is 2.17. The Hall–Kier alpha value is -2.05. The number of aliphatic imine (C=N–C) groups is 1. The maximum Gasteiger partial charge on any atom is 0.242 e. The second-order valence-electron chi connectivity index (χ2n) is 7.03. The number of amides is 1. The smallest absolute Gasteiger partial charge is 0.242 e. The van der Waals surface area contributed by atoms with Crippen LogP contribution in [0.1, 0.15) is 56.8 Å². The van der Waals surface area contributed by atoms with Crippen LogP contribution in [0.15, 0.2) is 11.1 Å². The van der Waals surface area contributed by atoms with Crippen molar-refractivity contribution in [2.24, 2.45) is 4.99 Å². The van der Waals surface area contributed by atoms with Crippen molar-refractivity contribution in [2.75, 3.05) is 19.6 Å². The molecule has 0 aliphatic heterocycles. The van der Waals surface area contributed by atoms with Crippen LogP contribution in [0.4, 0.5) is 0 Å². The highest BCUT2D eigenvalue weighted by atomic mass is 16.1. The molecule has 1 aliphatic carbocycles. The lowest BCUT2D eigenvalue weighted by molar-refractivity contribution is -0.120. The fourth-order valence-corrected chi connectivity index (χ4v) is 3.35. The number of aromatic nitrogens is 2. The molecule has 1 aliphatic rings. The summed E-state index contributed by atoms with van der Waals surface area (Å²) in [6.45, 7) is 8.70. The van der Waals surface area contributed by atoms with Crippen LogP contribution in [0.25, 0.3) is 0 Å². The Bertz CT molecular complexity index is 589. The van der Waals surface area contributed by atoms with Gasteiger partial charge in [-0.2, -0.15) is 5.10 Å². The molecule has 0 atom stereocenters. The summed E-state index contributed by atoms with van der Waals surface area (Å²) in [5, 5.41) is 14.1. The molecule has 3 N–H and O–H groups in total. The number of rotatable bonds is 8. The van der Waals surface area contributed by atoms with Gasteiger partial charge in [-0.15, -0.1) is 0 Å². The number of guanidine groups is 1. The number of carbonyl (C=O) groups is 1. The Morgan fingerprint density at radius 2 is 2.04 bits per heavy atom. The van der Waals surface area contributed by atoms with Gasteiger partial charge < -0.3 is 16.0 Å². The van der Waals surface area contributed by atoms with E-state index in [1.807, 2.05) is 18.5 Å². The van der Waals surface area contributed by atoms with Crippen LogP contribution in [0.3, 0.4) is 0 Å². The summed E-state index contributed by atoms with van der Waals surface area (Å²) >= 11 is 0. The zero-order valence-electron chi connectivity index (χ0n) is 16.5. The average molecular weight is 363 g/mol. The van der Waals surface area contributed by atoms with Crippen molar-refractivity contribution < 1.29 is 4.79 Å². The van der Waals surface area contributed by atoms with Crippen LogP contribution < -0.4 is 16.0 Å². The number of hydrogen-bond donors (Lipinski definition) is 3. The third-order valence-electron chi connectivity index (χ3n) is 4.64. The minimum Gasteiger partial charge on any atom is -0.357 e. The molecule has 1 saturated carbocycles. The molecule has 1 heterocycles. The van der Waals surface area contributed by atoms with Gasteiger partial charge in [0.05, 0.1) is 5.69 Å². The number of carbonyl (C=O) groups excluding carboxylic acids is 1. The molecular weight excluding hydrogens is 328 g/mol. The molecule has 2 rings (SSSR count). The predicted molar refractivity (Wildman–Crippen MR) is 105 cm³/mol. The molecule has 0 saturated heterocycles. The molecule has 7 nitrogen and oxygen atoms in total. The van der Waals surface area contributed by atoms with Gasteiger partial charge >= 0.3 is 0 Å². The van der Waals surface area contributed by atoms with E-state index in [0.717, 1.165) is 44.6 Å². The normalized spacial score (nSPS) is 15.7. The predicted octanol–water partition coefficient (Wildman–Crippen LogP) is 1.89. The van der Waals surface area contributed by atoms with Crippen molar-refractivity contribution >= 4 is 11.9 Å². The first kappa shape index (κ1) is 20.3. The first-order valence-electron chi connectivity index (χ1n) is 9.91. The Kier molecular flexibility index (Phi) is 8.44. The quantitative estimate of drug-likeness (QED) is 0.375. The summed E-state index contributed by atoms with van der Waals surface area (Å²) in [5.74, 6) is 0.705. The number of nitrogens with one attached hydrogen (secondary N) is 3. The molecule has 1 amide bonds. The molecule has 0 radical (unpaired) electrons. The zero-order chi connectivity index (χ0) is 18.8. The van der Waals surface area contributed by atoms with Crippen molar-refractivity contribution in [3.63, 3.8) is 0 Å². The summed E-state index contributed by atoms with van der Waals surface area (Å²) in [6, 6.07) is 2.42. The van der Waals surface area contributed by atoms with Gasteiger partial charge in [0.15, 0.2) is 5.96 Å². The van der Waals surface area contributed by atoms with Crippen LogP contribution in [-0.4, -0.2) is 47.3 Å². The van der Waals surface area contributed by atoms with Gasteiger partial charge in [0.2, 0.25) is 5.91 Å². The lowest BCUT2D eigenvalue weighted by Gasteiger charge is -2.22. The van der Waals surface area contributed by atoms with E-state index in [9.17, 15) is 4.79 Å². The molecule has 0 bridgehead atoms. The Balaban J connectivity index is 1.71. The molecule has 0 unspecified atom stereocenters. The van der Waals surface area contributed by atoms with Gasteiger partial charge in [-0.1, -0.05) is 19.3 Å². The van der Waals surface area contributed by atoms with Crippen molar-refractivity contribution in [2.45, 2.75) is 71.9 Å².